The average Bonchev–Trinajstić information content (AvgIpc) is 2.35. The van der Waals surface area contributed by atoms with Crippen LogP contribution >= 0.6 is 0 Å². The van der Waals surface area contributed by atoms with E-state index in [9.17, 15) is 9.59 Å². The molecule has 4 nitrogen and oxygen atoms in total. The molecule has 0 aromatic rings. The number of hydrogen-bond acceptors (Lipinski definition) is 4. The van der Waals surface area contributed by atoms with Crippen LogP contribution in [0.3, 0.4) is 0 Å². The molecule has 4 bridgehead atoms. The number of carbonyl (C=O) groups is 2. The van der Waals surface area contributed by atoms with E-state index in [2.05, 4.69) is 0 Å². The zero-order valence-corrected chi connectivity index (χ0v) is 12.4. The summed E-state index contributed by atoms with van der Waals surface area (Å²) in [5.41, 5.74) is -0.271. The van der Waals surface area contributed by atoms with Gasteiger partial charge in [0.2, 0.25) is 0 Å². The Morgan fingerprint density at radius 2 is 1.55 bits per heavy atom. The molecule has 4 aliphatic rings. The Balaban J connectivity index is 1.65. The van der Waals surface area contributed by atoms with Gasteiger partial charge in [-0.1, -0.05) is 0 Å². The summed E-state index contributed by atoms with van der Waals surface area (Å²) >= 11 is 0. The quantitative estimate of drug-likeness (QED) is 0.587. The Hall–Kier alpha value is -1.06. The van der Waals surface area contributed by atoms with Crippen LogP contribution in [0.15, 0.2) is 0 Å². The lowest BCUT2D eigenvalue weighted by Gasteiger charge is -2.55. The van der Waals surface area contributed by atoms with Crippen molar-refractivity contribution in [2.24, 2.45) is 23.7 Å². The molecule has 0 aromatic heterocycles. The third kappa shape index (κ3) is 2.45. The molecule has 0 saturated heterocycles. The molecule has 0 aromatic carbocycles. The Labute approximate surface area is 120 Å². The lowest BCUT2D eigenvalue weighted by Crippen LogP contribution is -2.53. The second-order valence-electron chi connectivity index (χ2n) is 7.00. The van der Waals surface area contributed by atoms with Crippen molar-refractivity contribution < 1.29 is 19.1 Å². The van der Waals surface area contributed by atoms with E-state index in [-0.39, 0.29) is 5.60 Å². The van der Waals surface area contributed by atoms with Crippen molar-refractivity contribution in [3.63, 3.8) is 0 Å². The van der Waals surface area contributed by atoms with Gasteiger partial charge < -0.3 is 9.47 Å². The van der Waals surface area contributed by atoms with Gasteiger partial charge in [0.05, 0.1) is 6.61 Å². The third-order valence-corrected chi connectivity index (χ3v) is 5.29. The first-order valence-electron chi connectivity index (χ1n) is 7.91. The van der Waals surface area contributed by atoms with Crippen LogP contribution in [0.25, 0.3) is 0 Å². The Bertz CT molecular complexity index is 379. The molecular formula is C16H24O4. The summed E-state index contributed by atoms with van der Waals surface area (Å²) in [5, 5.41) is 0. The normalized spacial score (nSPS) is 39.4. The molecule has 4 rings (SSSR count). The van der Waals surface area contributed by atoms with Crippen molar-refractivity contribution in [3.05, 3.63) is 0 Å². The average molecular weight is 280 g/mol. The Kier molecular flexibility index (Phi) is 3.51. The Morgan fingerprint density at radius 3 is 2.00 bits per heavy atom. The standard InChI is InChI=1S/C16H24O4/c1-3-19-14(17)10(2)15(18)20-16-7-11-4-12(8-16)6-13(5-11)9-16/h10-13H,3-9H2,1-2H3. The van der Waals surface area contributed by atoms with Gasteiger partial charge in [0.1, 0.15) is 5.60 Å². The highest BCUT2D eigenvalue weighted by atomic mass is 16.6. The maximum atomic E-state index is 12.2. The van der Waals surface area contributed by atoms with Gasteiger partial charge in [-0.25, -0.2) is 0 Å². The summed E-state index contributed by atoms with van der Waals surface area (Å²) in [7, 11) is 0. The number of hydrogen-bond donors (Lipinski definition) is 0. The second-order valence-corrected chi connectivity index (χ2v) is 7.00. The smallest absolute Gasteiger partial charge is 0.320 e. The lowest BCUT2D eigenvalue weighted by molar-refractivity contribution is -0.193. The maximum absolute atomic E-state index is 12.2. The van der Waals surface area contributed by atoms with Gasteiger partial charge >= 0.3 is 11.9 Å². The summed E-state index contributed by atoms with van der Waals surface area (Å²) in [6.45, 7) is 3.63. The molecule has 112 valence electrons. The lowest BCUT2D eigenvalue weighted by atomic mass is 9.54. The van der Waals surface area contributed by atoms with Crippen molar-refractivity contribution in [1.29, 1.82) is 0 Å². The Morgan fingerprint density at radius 1 is 1.05 bits per heavy atom. The van der Waals surface area contributed by atoms with Crippen molar-refractivity contribution in [2.75, 3.05) is 6.61 Å². The molecule has 0 amide bonds. The number of esters is 2. The van der Waals surface area contributed by atoms with Crippen LogP contribution in [-0.2, 0) is 19.1 Å². The molecule has 0 aliphatic heterocycles. The van der Waals surface area contributed by atoms with E-state index in [1.165, 1.54) is 19.3 Å². The van der Waals surface area contributed by atoms with Gasteiger partial charge in [-0.3, -0.25) is 9.59 Å². The fourth-order valence-corrected chi connectivity index (χ4v) is 4.82. The molecule has 20 heavy (non-hydrogen) atoms. The molecule has 0 heterocycles. The van der Waals surface area contributed by atoms with Gasteiger partial charge in [-0.15, -0.1) is 0 Å². The number of carbonyl (C=O) groups excluding carboxylic acids is 2. The molecule has 0 radical (unpaired) electrons. The minimum absolute atomic E-state index is 0.271. The van der Waals surface area contributed by atoms with Crippen LogP contribution in [0.4, 0.5) is 0 Å². The highest BCUT2D eigenvalue weighted by Gasteiger charge is 2.53. The topological polar surface area (TPSA) is 52.6 Å². The van der Waals surface area contributed by atoms with Crippen LogP contribution < -0.4 is 0 Å². The van der Waals surface area contributed by atoms with Gasteiger partial charge in [0, 0.05) is 0 Å². The van der Waals surface area contributed by atoms with Crippen LogP contribution in [-0.4, -0.2) is 24.1 Å². The summed E-state index contributed by atoms with van der Waals surface area (Å²) < 4.78 is 10.7. The minimum Gasteiger partial charge on any atom is -0.465 e. The SMILES string of the molecule is CCOC(=O)C(C)C(=O)OC12CC3CC(CC(C3)C1)C2. The first-order valence-corrected chi connectivity index (χ1v) is 7.91. The van der Waals surface area contributed by atoms with Crippen molar-refractivity contribution in [2.45, 2.75) is 58.0 Å². The van der Waals surface area contributed by atoms with Crippen LogP contribution in [0.2, 0.25) is 0 Å². The summed E-state index contributed by atoms with van der Waals surface area (Å²) in [6, 6.07) is 0. The predicted octanol–water partition coefficient (Wildman–Crippen LogP) is 2.70. The second kappa shape index (κ2) is 5.05. The fourth-order valence-electron chi connectivity index (χ4n) is 4.82. The van der Waals surface area contributed by atoms with E-state index in [1.807, 2.05) is 0 Å². The van der Waals surface area contributed by atoms with E-state index in [1.54, 1.807) is 13.8 Å². The molecule has 4 fully saturated rings. The molecule has 0 N–H and O–H groups in total. The van der Waals surface area contributed by atoms with Crippen LogP contribution in [0, 0.1) is 23.7 Å². The predicted molar refractivity (Wildman–Crippen MR) is 72.8 cm³/mol. The van der Waals surface area contributed by atoms with E-state index in [0.29, 0.717) is 6.61 Å². The molecule has 0 spiro atoms. The van der Waals surface area contributed by atoms with Crippen LogP contribution in [0.5, 0.6) is 0 Å². The van der Waals surface area contributed by atoms with Gasteiger partial charge in [-0.2, -0.15) is 0 Å². The highest BCUT2D eigenvalue weighted by molar-refractivity contribution is 5.94. The molecule has 1 unspecified atom stereocenters. The molecule has 4 aliphatic carbocycles. The van der Waals surface area contributed by atoms with E-state index in [0.717, 1.165) is 37.0 Å². The van der Waals surface area contributed by atoms with E-state index < -0.39 is 17.9 Å². The molecule has 1 atom stereocenters. The monoisotopic (exact) mass is 280 g/mol. The van der Waals surface area contributed by atoms with E-state index in [4.69, 9.17) is 9.47 Å². The highest BCUT2D eigenvalue weighted by Crippen LogP contribution is 2.57. The first-order chi connectivity index (χ1) is 9.51. The fraction of sp³-hybridized carbons (Fsp3) is 0.875. The molecular weight excluding hydrogens is 256 g/mol. The van der Waals surface area contributed by atoms with Crippen molar-refractivity contribution in [1.82, 2.24) is 0 Å². The van der Waals surface area contributed by atoms with E-state index >= 15 is 0 Å². The molecule has 4 heteroatoms. The van der Waals surface area contributed by atoms with Crippen LogP contribution in [0.1, 0.15) is 52.4 Å². The third-order valence-electron chi connectivity index (χ3n) is 5.29. The van der Waals surface area contributed by atoms with Gasteiger partial charge in [-0.05, 0) is 70.1 Å². The van der Waals surface area contributed by atoms with Crippen molar-refractivity contribution >= 4 is 11.9 Å². The zero-order valence-electron chi connectivity index (χ0n) is 12.4. The minimum atomic E-state index is -0.803. The van der Waals surface area contributed by atoms with Gasteiger partial charge in [0.15, 0.2) is 5.92 Å². The largest absolute Gasteiger partial charge is 0.465 e. The molecule has 4 saturated carbocycles. The summed E-state index contributed by atoms with van der Waals surface area (Å²) in [4.78, 5) is 23.9. The summed E-state index contributed by atoms with van der Waals surface area (Å²) in [5.74, 6) is 0.515. The summed E-state index contributed by atoms with van der Waals surface area (Å²) in [6.07, 6.45) is 6.93. The number of ether oxygens (including phenoxy) is 2. The first kappa shape index (κ1) is 13.9. The number of rotatable bonds is 4. The zero-order chi connectivity index (χ0) is 14.3. The van der Waals surface area contributed by atoms with Gasteiger partial charge in [0.25, 0.3) is 0 Å². The maximum Gasteiger partial charge on any atom is 0.320 e. The van der Waals surface area contributed by atoms with Crippen molar-refractivity contribution in [3.8, 4) is 0 Å².